The van der Waals surface area contributed by atoms with Crippen molar-refractivity contribution in [3.05, 3.63) is 77.9 Å². The number of alkyl halides is 3. The summed E-state index contributed by atoms with van der Waals surface area (Å²) in [6.07, 6.45) is -5.65. The minimum Gasteiger partial charge on any atom is -0.387 e. The van der Waals surface area contributed by atoms with E-state index in [-0.39, 0.29) is 11.4 Å². The van der Waals surface area contributed by atoms with E-state index in [1.807, 2.05) is 30.3 Å². The van der Waals surface area contributed by atoms with Gasteiger partial charge in [0.1, 0.15) is 0 Å². The van der Waals surface area contributed by atoms with Crippen LogP contribution >= 0.6 is 0 Å². The van der Waals surface area contributed by atoms with Gasteiger partial charge < -0.3 is 5.11 Å². The van der Waals surface area contributed by atoms with Crippen LogP contribution in [0.2, 0.25) is 0 Å². The van der Waals surface area contributed by atoms with Crippen molar-refractivity contribution in [2.24, 2.45) is 0 Å². The molecule has 0 unspecified atom stereocenters. The molecule has 0 fully saturated rings. The summed E-state index contributed by atoms with van der Waals surface area (Å²) in [4.78, 5) is -0.305. The van der Waals surface area contributed by atoms with Gasteiger partial charge in [0.15, 0.2) is 0 Å². The molecule has 0 heterocycles. The van der Waals surface area contributed by atoms with Gasteiger partial charge in [0.05, 0.1) is 16.6 Å². The minimum atomic E-state index is -4.54. The Morgan fingerprint density at radius 1 is 0.926 bits per heavy atom. The van der Waals surface area contributed by atoms with E-state index in [0.29, 0.717) is 17.7 Å². The summed E-state index contributed by atoms with van der Waals surface area (Å²) < 4.78 is 64.6. The zero-order valence-corrected chi connectivity index (χ0v) is 14.8. The third-order valence-corrected chi connectivity index (χ3v) is 5.58. The summed E-state index contributed by atoms with van der Waals surface area (Å²) in [7, 11) is -4.06. The average Bonchev–Trinajstić information content (AvgIpc) is 2.65. The van der Waals surface area contributed by atoms with E-state index in [1.165, 1.54) is 0 Å². The summed E-state index contributed by atoms with van der Waals surface area (Å²) in [5.41, 5.74) is -0.375. The van der Waals surface area contributed by atoms with Gasteiger partial charge in [-0.25, -0.2) is 13.1 Å². The predicted octanol–water partition coefficient (Wildman–Crippen LogP) is 3.87. The lowest BCUT2D eigenvalue weighted by atomic mass is 10.0. The SMILES string of the molecule is O=S(=O)(NC[C@H](O)c1cccc2ccccc12)c1ccc(C(F)(F)F)cc1. The number of hydrogen-bond acceptors (Lipinski definition) is 3. The van der Waals surface area contributed by atoms with Crippen LogP contribution in [0.15, 0.2) is 71.6 Å². The summed E-state index contributed by atoms with van der Waals surface area (Å²) in [5.74, 6) is 0. The highest BCUT2D eigenvalue weighted by molar-refractivity contribution is 7.89. The Bertz CT molecular complexity index is 1040. The molecule has 0 saturated heterocycles. The number of sulfonamides is 1. The average molecular weight is 395 g/mol. The van der Waals surface area contributed by atoms with Gasteiger partial charge in [-0.2, -0.15) is 13.2 Å². The number of hydrogen-bond donors (Lipinski definition) is 2. The van der Waals surface area contributed by atoms with Crippen LogP contribution in [0.1, 0.15) is 17.2 Å². The molecule has 8 heteroatoms. The van der Waals surface area contributed by atoms with E-state index < -0.39 is 27.9 Å². The maximum absolute atomic E-state index is 12.6. The van der Waals surface area contributed by atoms with E-state index in [9.17, 15) is 26.7 Å². The van der Waals surface area contributed by atoms with Crippen molar-refractivity contribution in [1.82, 2.24) is 4.72 Å². The molecule has 0 aromatic heterocycles. The fraction of sp³-hybridized carbons (Fsp3) is 0.158. The van der Waals surface area contributed by atoms with E-state index in [4.69, 9.17) is 0 Å². The van der Waals surface area contributed by atoms with Crippen LogP contribution in [0.25, 0.3) is 10.8 Å². The molecule has 27 heavy (non-hydrogen) atoms. The van der Waals surface area contributed by atoms with Crippen LogP contribution in [0.5, 0.6) is 0 Å². The quantitative estimate of drug-likeness (QED) is 0.689. The van der Waals surface area contributed by atoms with Crippen LogP contribution in [0.4, 0.5) is 13.2 Å². The first-order valence-corrected chi connectivity index (χ1v) is 9.49. The first-order valence-electron chi connectivity index (χ1n) is 8.01. The second-order valence-electron chi connectivity index (χ2n) is 5.96. The van der Waals surface area contributed by atoms with E-state index in [0.717, 1.165) is 22.9 Å². The molecule has 2 N–H and O–H groups in total. The second-order valence-corrected chi connectivity index (χ2v) is 7.73. The highest BCUT2D eigenvalue weighted by Crippen LogP contribution is 2.30. The Hall–Kier alpha value is -2.42. The monoisotopic (exact) mass is 395 g/mol. The van der Waals surface area contributed by atoms with Crippen molar-refractivity contribution < 1.29 is 26.7 Å². The van der Waals surface area contributed by atoms with Crippen molar-refractivity contribution in [2.45, 2.75) is 17.2 Å². The Morgan fingerprint density at radius 2 is 1.56 bits per heavy atom. The molecular formula is C19H16F3NO3S. The van der Waals surface area contributed by atoms with Gasteiger partial charge in [-0.05, 0) is 40.6 Å². The van der Waals surface area contributed by atoms with Crippen molar-refractivity contribution in [3.8, 4) is 0 Å². The number of aliphatic hydroxyl groups excluding tert-OH is 1. The van der Waals surface area contributed by atoms with E-state index >= 15 is 0 Å². The molecule has 0 radical (unpaired) electrons. The van der Waals surface area contributed by atoms with Gasteiger partial charge in [0.2, 0.25) is 10.0 Å². The van der Waals surface area contributed by atoms with Gasteiger partial charge in [-0.3, -0.25) is 0 Å². The first-order chi connectivity index (χ1) is 12.7. The van der Waals surface area contributed by atoms with Crippen molar-refractivity contribution in [2.75, 3.05) is 6.54 Å². The van der Waals surface area contributed by atoms with Crippen molar-refractivity contribution in [1.29, 1.82) is 0 Å². The maximum atomic E-state index is 12.6. The van der Waals surface area contributed by atoms with E-state index in [1.54, 1.807) is 12.1 Å². The highest BCUT2D eigenvalue weighted by Gasteiger charge is 2.30. The largest absolute Gasteiger partial charge is 0.416 e. The van der Waals surface area contributed by atoms with Gasteiger partial charge in [-0.1, -0.05) is 42.5 Å². The van der Waals surface area contributed by atoms with Crippen LogP contribution in [-0.2, 0) is 16.2 Å². The summed E-state index contributed by atoms with van der Waals surface area (Å²) >= 11 is 0. The molecule has 0 bridgehead atoms. The number of rotatable bonds is 5. The first kappa shape index (κ1) is 19.3. The Balaban J connectivity index is 1.76. The maximum Gasteiger partial charge on any atom is 0.416 e. The zero-order chi connectivity index (χ0) is 19.7. The summed E-state index contributed by atoms with van der Waals surface area (Å²) in [6, 6.07) is 15.9. The summed E-state index contributed by atoms with van der Waals surface area (Å²) in [5, 5.41) is 12.1. The normalized spacial score (nSPS) is 13.6. The van der Waals surface area contributed by atoms with Gasteiger partial charge in [0, 0.05) is 6.54 Å². The van der Waals surface area contributed by atoms with Crippen molar-refractivity contribution in [3.63, 3.8) is 0 Å². The lowest BCUT2D eigenvalue weighted by Gasteiger charge is -2.15. The Kier molecular flexibility index (Phi) is 5.23. The number of aliphatic hydroxyl groups is 1. The molecule has 0 aliphatic heterocycles. The second kappa shape index (κ2) is 7.30. The lowest BCUT2D eigenvalue weighted by Crippen LogP contribution is -2.28. The number of halogens is 3. The molecule has 0 spiro atoms. The van der Waals surface area contributed by atoms with E-state index in [2.05, 4.69) is 4.72 Å². The molecular weight excluding hydrogens is 379 g/mol. The molecule has 3 rings (SSSR count). The molecule has 142 valence electrons. The summed E-state index contributed by atoms with van der Waals surface area (Å²) in [6.45, 7) is -0.308. The fourth-order valence-corrected chi connectivity index (χ4v) is 3.78. The number of benzene rings is 3. The van der Waals surface area contributed by atoms with Gasteiger partial charge >= 0.3 is 6.18 Å². The Morgan fingerprint density at radius 3 is 2.22 bits per heavy atom. The zero-order valence-electron chi connectivity index (χ0n) is 13.9. The molecule has 3 aromatic rings. The fourth-order valence-electron chi connectivity index (χ4n) is 2.75. The predicted molar refractivity (Wildman–Crippen MR) is 95.5 cm³/mol. The van der Waals surface area contributed by atoms with Crippen molar-refractivity contribution >= 4 is 20.8 Å². The van der Waals surface area contributed by atoms with Crippen LogP contribution < -0.4 is 4.72 Å². The molecule has 0 amide bonds. The lowest BCUT2D eigenvalue weighted by molar-refractivity contribution is -0.137. The molecule has 0 aliphatic carbocycles. The molecule has 4 nitrogen and oxygen atoms in total. The van der Waals surface area contributed by atoms with Gasteiger partial charge in [0.25, 0.3) is 0 Å². The van der Waals surface area contributed by atoms with Crippen LogP contribution in [-0.4, -0.2) is 20.1 Å². The smallest absolute Gasteiger partial charge is 0.387 e. The standard InChI is InChI=1S/C19H16F3NO3S/c20-19(21,22)14-8-10-15(11-9-14)27(25,26)23-12-18(24)17-7-3-5-13-4-1-2-6-16(13)17/h1-11,18,23-24H,12H2/t18-/m0/s1. The molecule has 0 saturated carbocycles. The number of nitrogens with one attached hydrogen (secondary N) is 1. The molecule has 1 atom stereocenters. The third kappa shape index (κ3) is 4.29. The van der Waals surface area contributed by atoms with Crippen LogP contribution in [0, 0.1) is 0 Å². The number of fused-ring (bicyclic) bond motifs is 1. The molecule has 3 aromatic carbocycles. The highest BCUT2D eigenvalue weighted by atomic mass is 32.2. The Labute approximate surface area is 154 Å². The third-order valence-electron chi connectivity index (χ3n) is 4.14. The molecule has 0 aliphatic rings. The van der Waals surface area contributed by atoms with Gasteiger partial charge in [-0.15, -0.1) is 0 Å². The topological polar surface area (TPSA) is 66.4 Å². The van der Waals surface area contributed by atoms with Crippen LogP contribution in [0.3, 0.4) is 0 Å². The minimum absolute atomic E-state index is 0.305.